The Morgan fingerprint density at radius 2 is 1.57 bits per heavy atom. The summed E-state index contributed by atoms with van der Waals surface area (Å²) < 4.78 is 6.12. The van der Waals surface area contributed by atoms with Crippen LogP contribution in [0.25, 0.3) is 11.1 Å². The number of aromatic carboxylic acids is 1. The molecular formula is C22H16BrNO4. The van der Waals surface area contributed by atoms with Gasteiger partial charge in [-0.05, 0) is 40.5 Å². The summed E-state index contributed by atoms with van der Waals surface area (Å²) in [6, 6.07) is 20.7. The van der Waals surface area contributed by atoms with Crippen molar-refractivity contribution in [2.45, 2.75) is 5.92 Å². The van der Waals surface area contributed by atoms with Gasteiger partial charge >= 0.3 is 12.1 Å². The Morgan fingerprint density at radius 1 is 0.964 bits per heavy atom. The van der Waals surface area contributed by atoms with Crippen LogP contribution in [0.5, 0.6) is 0 Å². The number of ether oxygens (including phenoxy) is 1. The molecule has 0 spiro atoms. The molecule has 0 saturated carbocycles. The number of carbonyl (C=O) groups is 2. The number of anilines is 1. The first kappa shape index (κ1) is 18.3. The van der Waals surface area contributed by atoms with Crippen molar-refractivity contribution in [1.82, 2.24) is 0 Å². The highest BCUT2D eigenvalue weighted by Gasteiger charge is 2.29. The Kier molecular flexibility index (Phi) is 4.88. The summed E-state index contributed by atoms with van der Waals surface area (Å²) in [5.74, 6) is -1.18. The maximum atomic E-state index is 12.3. The average molecular weight is 438 g/mol. The predicted octanol–water partition coefficient (Wildman–Crippen LogP) is 5.51. The second-order valence-electron chi connectivity index (χ2n) is 6.45. The first-order chi connectivity index (χ1) is 13.5. The van der Waals surface area contributed by atoms with Crippen LogP contribution in [-0.2, 0) is 4.74 Å². The Morgan fingerprint density at radius 3 is 2.18 bits per heavy atom. The number of hydrogen-bond acceptors (Lipinski definition) is 3. The van der Waals surface area contributed by atoms with E-state index in [-0.39, 0.29) is 23.8 Å². The molecule has 5 nitrogen and oxygen atoms in total. The lowest BCUT2D eigenvalue weighted by Gasteiger charge is -2.15. The first-order valence-electron chi connectivity index (χ1n) is 8.69. The number of hydrogen-bond donors (Lipinski definition) is 2. The standard InChI is InChI=1S/C22H16BrNO4/c23-13-9-10-18(21(25)26)20(11-13)24-22(27)28-12-19-16-7-3-1-5-14(16)15-6-2-4-8-17(15)19/h1-11,19H,12H2,(H,24,27)(H,25,26). The van der Waals surface area contributed by atoms with Gasteiger partial charge in [0, 0.05) is 10.4 Å². The van der Waals surface area contributed by atoms with Gasteiger partial charge in [-0.3, -0.25) is 5.32 Å². The van der Waals surface area contributed by atoms with Crippen molar-refractivity contribution in [3.63, 3.8) is 0 Å². The molecule has 28 heavy (non-hydrogen) atoms. The molecule has 0 radical (unpaired) electrons. The van der Waals surface area contributed by atoms with E-state index in [2.05, 4.69) is 33.4 Å². The molecule has 0 saturated heterocycles. The lowest BCUT2D eigenvalue weighted by atomic mass is 9.98. The molecule has 0 aromatic heterocycles. The average Bonchev–Trinajstić information content (AvgIpc) is 3.00. The van der Waals surface area contributed by atoms with Crippen molar-refractivity contribution in [2.75, 3.05) is 11.9 Å². The number of carbonyl (C=O) groups excluding carboxylic acids is 1. The van der Waals surface area contributed by atoms with Gasteiger partial charge in [0.05, 0.1) is 11.3 Å². The van der Waals surface area contributed by atoms with Gasteiger partial charge in [-0.15, -0.1) is 0 Å². The SMILES string of the molecule is O=C(Nc1cc(Br)ccc1C(=O)O)OCC1c2ccccc2-c2ccccc21. The number of carboxylic acid groups (broad SMARTS) is 1. The number of carboxylic acids is 1. The van der Waals surface area contributed by atoms with Gasteiger partial charge in [0.1, 0.15) is 6.61 Å². The fourth-order valence-electron chi connectivity index (χ4n) is 3.55. The first-order valence-corrected chi connectivity index (χ1v) is 9.48. The van der Waals surface area contributed by atoms with Crippen LogP contribution in [0.15, 0.2) is 71.2 Å². The normalized spacial score (nSPS) is 12.2. The summed E-state index contributed by atoms with van der Waals surface area (Å²) in [7, 11) is 0. The molecule has 0 aliphatic heterocycles. The van der Waals surface area contributed by atoms with Crippen LogP contribution >= 0.6 is 15.9 Å². The van der Waals surface area contributed by atoms with Crippen LogP contribution in [0, 0.1) is 0 Å². The molecule has 2 N–H and O–H groups in total. The molecule has 3 aromatic carbocycles. The number of benzene rings is 3. The third-order valence-corrected chi connectivity index (χ3v) is 5.29. The molecule has 140 valence electrons. The van der Waals surface area contributed by atoms with Crippen molar-refractivity contribution in [3.05, 3.63) is 87.9 Å². The molecule has 6 heteroatoms. The minimum atomic E-state index is -1.12. The van der Waals surface area contributed by atoms with E-state index < -0.39 is 12.1 Å². The zero-order valence-electron chi connectivity index (χ0n) is 14.7. The smallest absolute Gasteiger partial charge is 0.411 e. The molecule has 0 fully saturated rings. The van der Waals surface area contributed by atoms with Gasteiger partial charge in [0.25, 0.3) is 0 Å². The van der Waals surface area contributed by atoms with Crippen LogP contribution in [0.3, 0.4) is 0 Å². The fourth-order valence-corrected chi connectivity index (χ4v) is 3.91. The summed E-state index contributed by atoms with van der Waals surface area (Å²) in [6.07, 6.45) is -0.692. The Hall–Kier alpha value is -3.12. The van der Waals surface area contributed by atoms with Crippen LogP contribution in [0.4, 0.5) is 10.5 Å². The maximum Gasteiger partial charge on any atom is 0.411 e. The third-order valence-electron chi connectivity index (χ3n) is 4.79. The van der Waals surface area contributed by atoms with Crippen LogP contribution in [0.2, 0.25) is 0 Å². The van der Waals surface area contributed by atoms with Crippen LogP contribution < -0.4 is 5.32 Å². The molecule has 0 heterocycles. The van der Waals surface area contributed by atoms with Crippen LogP contribution in [-0.4, -0.2) is 23.8 Å². The van der Waals surface area contributed by atoms with E-state index in [1.165, 1.54) is 12.1 Å². The second kappa shape index (κ2) is 7.48. The van der Waals surface area contributed by atoms with Crippen LogP contribution in [0.1, 0.15) is 27.4 Å². The molecule has 4 rings (SSSR count). The number of nitrogens with one attached hydrogen (secondary N) is 1. The third kappa shape index (κ3) is 3.39. The Labute approximate surface area is 170 Å². The predicted molar refractivity (Wildman–Crippen MR) is 110 cm³/mol. The van der Waals surface area contributed by atoms with Gasteiger partial charge in [-0.25, -0.2) is 9.59 Å². The van der Waals surface area contributed by atoms with E-state index >= 15 is 0 Å². The van der Waals surface area contributed by atoms with E-state index in [9.17, 15) is 14.7 Å². The highest BCUT2D eigenvalue weighted by atomic mass is 79.9. The molecule has 0 unspecified atom stereocenters. The highest BCUT2D eigenvalue weighted by molar-refractivity contribution is 9.10. The molecular weight excluding hydrogens is 422 g/mol. The molecule has 0 bridgehead atoms. The van der Waals surface area contributed by atoms with E-state index in [0.717, 1.165) is 22.3 Å². The van der Waals surface area contributed by atoms with Gasteiger partial charge in [-0.1, -0.05) is 64.5 Å². The molecule has 1 aliphatic carbocycles. The zero-order chi connectivity index (χ0) is 19.7. The number of rotatable bonds is 4. The van der Waals surface area contributed by atoms with E-state index in [4.69, 9.17) is 4.74 Å². The van der Waals surface area contributed by atoms with Crippen molar-refractivity contribution < 1.29 is 19.4 Å². The van der Waals surface area contributed by atoms with Crippen molar-refractivity contribution >= 4 is 33.7 Å². The van der Waals surface area contributed by atoms with Gasteiger partial charge in [-0.2, -0.15) is 0 Å². The molecule has 1 aliphatic rings. The lowest BCUT2D eigenvalue weighted by Crippen LogP contribution is -2.19. The minimum Gasteiger partial charge on any atom is -0.478 e. The lowest BCUT2D eigenvalue weighted by molar-refractivity contribution is 0.0698. The summed E-state index contributed by atoms with van der Waals surface area (Å²) in [6.45, 7) is 0.163. The topological polar surface area (TPSA) is 75.6 Å². The number of fused-ring (bicyclic) bond motifs is 3. The summed E-state index contributed by atoms with van der Waals surface area (Å²) in [4.78, 5) is 23.7. The monoisotopic (exact) mass is 437 g/mol. The molecule has 3 aromatic rings. The van der Waals surface area contributed by atoms with E-state index in [1.807, 2.05) is 36.4 Å². The maximum absolute atomic E-state index is 12.3. The summed E-state index contributed by atoms with van der Waals surface area (Å²) in [5, 5.41) is 11.8. The fraction of sp³-hybridized carbons (Fsp3) is 0.0909. The van der Waals surface area contributed by atoms with Crippen molar-refractivity contribution in [3.8, 4) is 11.1 Å². The quantitative estimate of drug-likeness (QED) is 0.564. The second-order valence-corrected chi connectivity index (χ2v) is 7.36. The highest BCUT2D eigenvalue weighted by Crippen LogP contribution is 2.44. The van der Waals surface area contributed by atoms with Gasteiger partial charge in [0.2, 0.25) is 0 Å². The Balaban J connectivity index is 1.52. The largest absolute Gasteiger partial charge is 0.478 e. The van der Waals surface area contributed by atoms with E-state index in [0.29, 0.717) is 4.47 Å². The Bertz CT molecular complexity index is 1030. The minimum absolute atomic E-state index is 0.00305. The van der Waals surface area contributed by atoms with Gasteiger partial charge < -0.3 is 9.84 Å². The van der Waals surface area contributed by atoms with Crippen molar-refractivity contribution in [2.24, 2.45) is 0 Å². The van der Waals surface area contributed by atoms with Gasteiger partial charge in [0.15, 0.2) is 0 Å². The van der Waals surface area contributed by atoms with E-state index in [1.54, 1.807) is 6.07 Å². The summed E-state index contributed by atoms with van der Waals surface area (Å²) in [5.41, 5.74) is 4.70. The number of halogens is 1. The summed E-state index contributed by atoms with van der Waals surface area (Å²) >= 11 is 3.28. The zero-order valence-corrected chi connectivity index (χ0v) is 16.3. The number of amides is 1. The molecule has 1 amide bonds. The van der Waals surface area contributed by atoms with Crippen molar-refractivity contribution in [1.29, 1.82) is 0 Å². The molecule has 0 atom stereocenters.